The summed E-state index contributed by atoms with van der Waals surface area (Å²) in [6.07, 6.45) is 3.35. The van der Waals surface area contributed by atoms with E-state index < -0.39 is 0 Å². The molecule has 4 rings (SSSR count). The Balaban J connectivity index is 1.55. The summed E-state index contributed by atoms with van der Waals surface area (Å²) < 4.78 is 6.04. The van der Waals surface area contributed by atoms with Crippen LogP contribution in [-0.2, 0) is 14.3 Å². The molecule has 8 heteroatoms. The molecule has 6 nitrogen and oxygen atoms in total. The molecule has 0 aliphatic carbocycles. The molecule has 2 aliphatic rings. The van der Waals surface area contributed by atoms with Crippen LogP contribution < -0.4 is 10.6 Å². The van der Waals surface area contributed by atoms with Crippen molar-refractivity contribution in [2.45, 2.75) is 37.9 Å². The van der Waals surface area contributed by atoms with E-state index in [-0.39, 0.29) is 35.9 Å². The Hall–Kier alpha value is -2.15. The van der Waals surface area contributed by atoms with Gasteiger partial charge < -0.3 is 15.4 Å². The Labute approximate surface area is 172 Å². The second-order valence-electron chi connectivity index (χ2n) is 7.12. The van der Waals surface area contributed by atoms with E-state index in [2.05, 4.69) is 15.6 Å². The highest BCUT2D eigenvalue weighted by atomic mass is 35.5. The number of nitrogens with zero attached hydrogens (tertiary/aromatic N) is 1. The molecule has 2 aliphatic heterocycles. The molecule has 28 heavy (non-hydrogen) atoms. The summed E-state index contributed by atoms with van der Waals surface area (Å²) >= 11 is 12.0. The van der Waals surface area contributed by atoms with Crippen LogP contribution in [0.15, 0.2) is 36.5 Å². The normalized spacial score (nSPS) is 25.5. The number of anilines is 2. The first-order valence-corrected chi connectivity index (χ1v) is 9.83. The van der Waals surface area contributed by atoms with Crippen LogP contribution >= 0.6 is 23.2 Å². The Morgan fingerprint density at radius 1 is 1.07 bits per heavy atom. The van der Waals surface area contributed by atoms with E-state index in [4.69, 9.17) is 27.9 Å². The van der Waals surface area contributed by atoms with E-state index in [1.54, 1.807) is 30.5 Å². The van der Waals surface area contributed by atoms with Gasteiger partial charge in [0.15, 0.2) is 0 Å². The number of ether oxygens (including phenoxy) is 1. The van der Waals surface area contributed by atoms with Gasteiger partial charge in [0.05, 0.1) is 28.2 Å². The third-order valence-corrected chi connectivity index (χ3v) is 5.98. The average molecular weight is 420 g/mol. The molecule has 2 aromatic rings. The first-order valence-electron chi connectivity index (χ1n) is 9.07. The van der Waals surface area contributed by atoms with Crippen molar-refractivity contribution >= 4 is 46.5 Å². The molecule has 0 saturated carbocycles. The molecule has 3 heterocycles. The number of aromatic nitrogens is 1. The smallest absolute Gasteiger partial charge is 0.230 e. The number of rotatable bonds is 4. The number of nitrogens with one attached hydrogen (secondary N) is 2. The number of amides is 2. The summed E-state index contributed by atoms with van der Waals surface area (Å²) in [6.45, 7) is 1.43. The number of pyridine rings is 1. The van der Waals surface area contributed by atoms with Gasteiger partial charge in [0.1, 0.15) is 5.82 Å². The lowest BCUT2D eigenvalue weighted by Crippen LogP contribution is -2.36. The first kappa shape index (κ1) is 19.2. The summed E-state index contributed by atoms with van der Waals surface area (Å²) in [4.78, 5) is 28.5. The highest BCUT2D eigenvalue weighted by Gasteiger charge is 2.52. The lowest BCUT2D eigenvalue weighted by molar-refractivity contribution is -0.121. The molecular formula is C20H19Cl2N3O3. The summed E-state index contributed by atoms with van der Waals surface area (Å²) in [7, 11) is 0. The predicted molar refractivity (Wildman–Crippen MR) is 108 cm³/mol. The van der Waals surface area contributed by atoms with Crippen molar-refractivity contribution in [3.63, 3.8) is 0 Å². The zero-order valence-electron chi connectivity index (χ0n) is 15.1. The fourth-order valence-electron chi connectivity index (χ4n) is 4.09. The summed E-state index contributed by atoms with van der Waals surface area (Å²) in [6, 6.07) is 8.65. The van der Waals surface area contributed by atoms with Gasteiger partial charge in [-0.25, -0.2) is 4.98 Å². The topological polar surface area (TPSA) is 80.3 Å². The summed E-state index contributed by atoms with van der Waals surface area (Å²) in [5, 5.41) is 6.41. The highest BCUT2D eigenvalue weighted by molar-refractivity contribution is 6.42. The zero-order chi connectivity index (χ0) is 19.8. The van der Waals surface area contributed by atoms with Crippen LogP contribution in [0.1, 0.15) is 31.2 Å². The third-order valence-electron chi connectivity index (χ3n) is 5.24. The molecule has 0 radical (unpaired) electrons. The predicted octanol–water partition coefficient (Wildman–Crippen LogP) is 4.25. The molecular weight excluding hydrogens is 401 g/mol. The molecule has 2 saturated heterocycles. The van der Waals surface area contributed by atoms with E-state index >= 15 is 0 Å². The summed E-state index contributed by atoms with van der Waals surface area (Å²) in [5.74, 6) is -0.205. The monoisotopic (exact) mass is 419 g/mol. The maximum absolute atomic E-state index is 13.1. The van der Waals surface area contributed by atoms with Crippen LogP contribution in [0.4, 0.5) is 11.5 Å². The van der Waals surface area contributed by atoms with E-state index in [0.717, 1.165) is 18.4 Å². The third kappa shape index (κ3) is 3.72. The molecule has 0 spiro atoms. The highest BCUT2D eigenvalue weighted by Crippen LogP contribution is 2.49. The molecule has 2 N–H and O–H groups in total. The van der Waals surface area contributed by atoms with Crippen LogP contribution in [0, 0.1) is 5.92 Å². The minimum atomic E-state index is -0.318. The number of benzene rings is 1. The van der Waals surface area contributed by atoms with Crippen molar-refractivity contribution in [2.75, 3.05) is 10.6 Å². The van der Waals surface area contributed by atoms with E-state index in [1.165, 1.54) is 6.92 Å². The maximum Gasteiger partial charge on any atom is 0.230 e. The molecule has 146 valence electrons. The molecule has 4 atom stereocenters. The van der Waals surface area contributed by atoms with Gasteiger partial charge in [-0.1, -0.05) is 29.3 Å². The van der Waals surface area contributed by atoms with Gasteiger partial charge in [-0.05, 0) is 42.7 Å². The van der Waals surface area contributed by atoms with Gasteiger partial charge in [0.25, 0.3) is 0 Å². The van der Waals surface area contributed by atoms with Crippen molar-refractivity contribution in [1.29, 1.82) is 0 Å². The Kier molecular flexibility index (Phi) is 5.27. The lowest BCUT2D eigenvalue weighted by Gasteiger charge is -2.27. The minimum Gasteiger partial charge on any atom is -0.373 e. The Morgan fingerprint density at radius 3 is 2.54 bits per heavy atom. The summed E-state index contributed by atoms with van der Waals surface area (Å²) in [5.41, 5.74) is 1.52. The number of hydrogen-bond acceptors (Lipinski definition) is 4. The van der Waals surface area contributed by atoms with E-state index in [0.29, 0.717) is 21.6 Å². The quantitative estimate of drug-likeness (QED) is 0.775. The van der Waals surface area contributed by atoms with Gasteiger partial charge in [0.2, 0.25) is 11.8 Å². The van der Waals surface area contributed by atoms with Crippen molar-refractivity contribution < 1.29 is 14.3 Å². The van der Waals surface area contributed by atoms with E-state index in [9.17, 15) is 9.59 Å². The van der Waals surface area contributed by atoms with Crippen LogP contribution in [0.25, 0.3) is 0 Å². The van der Waals surface area contributed by atoms with Crippen LogP contribution in [0.2, 0.25) is 10.0 Å². The zero-order valence-corrected chi connectivity index (χ0v) is 16.6. The number of halogens is 2. The largest absolute Gasteiger partial charge is 0.373 e. The Bertz CT molecular complexity index is 919. The number of carbonyl (C=O) groups excluding carboxylic acids is 2. The van der Waals surface area contributed by atoms with Crippen molar-refractivity contribution in [3.8, 4) is 0 Å². The van der Waals surface area contributed by atoms with Gasteiger partial charge in [-0.15, -0.1) is 0 Å². The van der Waals surface area contributed by atoms with Crippen molar-refractivity contribution in [3.05, 3.63) is 52.1 Å². The molecule has 2 bridgehead atoms. The molecule has 0 unspecified atom stereocenters. The fraction of sp³-hybridized carbons (Fsp3) is 0.350. The first-order chi connectivity index (χ1) is 13.4. The average Bonchev–Trinajstić information content (AvgIpc) is 3.26. The SMILES string of the molecule is CC(=O)Nc1ccc([C@@H]2[C@@H](C(=O)Nc3ccc(Cl)c(Cl)c3)[C@H]3CC[C@@H]2O3)cn1. The van der Waals surface area contributed by atoms with Crippen molar-refractivity contribution in [2.24, 2.45) is 5.92 Å². The maximum atomic E-state index is 13.1. The lowest BCUT2D eigenvalue weighted by atomic mass is 9.75. The fourth-order valence-corrected chi connectivity index (χ4v) is 4.39. The second-order valence-corrected chi connectivity index (χ2v) is 7.93. The molecule has 1 aromatic heterocycles. The second kappa shape index (κ2) is 7.70. The van der Waals surface area contributed by atoms with Gasteiger partial charge in [-0.3, -0.25) is 9.59 Å². The van der Waals surface area contributed by atoms with Crippen LogP contribution in [0.3, 0.4) is 0 Å². The molecule has 2 amide bonds. The molecule has 1 aromatic carbocycles. The number of hydrogen-bond donors (Lipinski definition) is 2. The molecule has 2 fully saturated rings. The minimum absolute atomic E-state index is 0.0111. The van der Waals surface area contributed by atoms with Gasteiger partial charge in [0, 0.05) is 24.7 Å². The van der Waals surface area contributed by atoms with E-state index in [1.807, 2.05) is 6.07 Å². The number of fused-ring (bicyclic) bond motifs is 2. The van der Waals surface area contributed by atoms with Crippen LogP contribution in [-0.4, -0.2) is 29.0 Å². The van der Waals surface area contributed by atoms with Crippen LogP contribution in [0.5, 0.6) is 0 Å². The van der Waals surface area contributed by atoms with Gasteiger partial charge >= 0.3 is 0 Å². The number of carbonyl (C=O) groups is 2. The van der Waals surface area contributed by atoms with Crippen molar-refractivity contribution in [1.82, 2.24) is 4.98 Å². The standard InChI is InChI=1S/C20H19Cl2N3O3/c1-10(26)24-17-7-2-11(9-23-17)18-15-5-6-16(28-15)19(18)20(27)25-12-3-4-13(21)14(22)8-12/h2-4,7-9,15-16,18-19H,5-6H2,1H3,(H,25,27)(H,23,24,26)/t15-,16+,18-,19-/m0/s1. The Morgan fingerprint density at radius 2 is 1.86 bits per heavy atom. The van der Waals surface area contributed by atoms with Gasteiger partial charge in [-0.2, -0.15) is 0 Å².